The molecule has 160 valence electrons. The van der Waals surface area contributed by atoms with Crippen molar-refractivity contribution in [1.29, 1.82) is 5.41 Å². The Bertz CT molecular complexity index is 835. The highest BCUT2D eigenvalue weighted by molar-refractivity contribution is 6.34. The maximum Gasteiger partial charge on any atom is 0.344 e. The number of hydrogen-bond donors (Lipinski definition) is 3. The van der Waals surface area contributed by atoms with Crippen LogP contribution in [0.1, 0.15) is 57.5 Å². The normalized spacial score (nSPS) is 11.8. The fraction of sp³-hybridized carbons (Fsp3) is 0.429. The molecule has 0 heterocycles. The molecule has 0 aliphatic heterocycles. The van der Waals surface area contributed by atoms with Gasteiger partial charge in [-0.1, -0.05) is 45.9 Å². The molecule has 7 nitrogen and oxygen atoms in total. The second-order valence-corrected chi connectivity index (χ2v) is 7.87. The molecule has 29 heavy (non-hydrogen) atoms. The van der Waals surface area contributed by atoms with Crippen molar-refractivity contribution in [1.82, 2.24) is 0 Å². The molecule has 0 saturated carbocycles. The van der Waals surface area contributed by atoms with E-state index < -0.39 is 29.6 Å². The van der Waals surface area contributed by atoms with Crippen LogP contribution in [0.3, 0.4) is 0 Å². The summed E-state index contributed by atoms with van der Waals surface area (Å²) in [6.07, 6.45) is 0.813. The Balaban J connectivity index is 0.00000784. The maximum atomic E-state index is 12.4. The van der Waals surface area contributed by atoms with Crippen molar-refractivity contribution in [2.75, 3.05) is 6.61 Å². The molecule has 0 saturated heterocycles. The first-order valence-electron chi connectivity index (χ1n) is 8.67. The van der Waals surface area contributed by atoms with Crippen LogP contribution in [0.4, 0.5) is 0 Å². The molecule has 1 rings (SSSR count). The Hall–Kier alpha value is -2.67. The predicted octanol–water partition coefficient (Wildman–Crippen LogP) is 3.42. The summed E-state index contributed by atoms with van der Waals surface area (Å²) >= 11 is 6.09. The van der Waals surface area contributed by atoms with Crippen molar-refractivity contribution in [3.05, 3.63) is 45.6 Å². The van der Waals surface area contributed by atoms with Gasteiger partial charge in [-0.2, -0.15) is 0 Å². The van der Waals surface area contributed by atoms with Gasteiger partial charge in [0, 0.05) is 23.1 Å². The van der Waals surface area contributed by atoms with Gasteiger partial charge >= 0.3 is 5.97 Å². The number of ketones is 2. The SMILES string of the molecule is C.CC(N)=C(C(=N)N)C(=O)OCC(=O)c1cc(CCC(=O)C(C)(C)C)ccc1Cl. The zero-order valence-corrected chi connectivity index (χ0v) is 17.3. The third-order valence-electron chi connectivity index (χ3n) is 4.01. The predicted molar refractivity (Wildman–Crippen MR) is 115 cm³/mol. The largest absolute Gasteiger partial charge is 0.454 e. The van der Waals surface area contributed by atoms with Gasteiger partial charge in [-0.25, -0.2) is 4.79 Å². The summed E-state index contributed by atoms with van der Waals surface area (Å²) in [5, 5.41) is 7.57. The zero-order chi connectivity index (χ0) is 21.6. The number of hydrogen-bond acceptors (Lipinski definition) is 6. The molecule has 0 aliphatic rings. The minimum Gasteiger partial charge on any atom is -0.454 e. The zero-order valence-electron chi connectivity index (χ0n) is 16.5. The van der Waals surface area contributed by atoms with Crippen LogP contribution in [0.5, 0.6) is 0 Å². The summed E-state index contributed by atoms with van der Waals surface area (Å²) < 4.78 is 4.92. The lowest BCUT2D eigenvalue weighted by molar-refractivity contribution is -0.137. The molecule has 8 heteroatoms. The van der Waals surface area contributed by atoms with Gasteiger partial charge in [0.2, 0.25) is 5.78 Å². The fourth-order valence-electron chi connectivity index (χ4n) is 2.34. The van der Waals surface area contributed by atoms with E-state index in [1.165, 1.54) is 6.92 Å². The van der Waals surface area contributed by atoms with Gasteiger partial charge in [-0.15, -0.1) is 0 Å². The van der Waals surface area contributed by atoms with Crippen molar-refractivity contribution in [2.24, 2.45) is 16.9 Å². The number of Topliss-reactive ketones (excluding diaryl/α,β-unsaturated/α-hetero) is 2. The standard InChI is InChI=1S/C20H26ClN3O4.CH4/c1-11(22)17(18(23)24)19(27)28-10-15(25)13-9-12(5-7-14(13)21)6-8-16(26)20(2,3)4;/h5,7,9H,6,8,10,22H2,1-4H3,(H3,23,24);1H4. The van der Waals surface area contributed by atoms with Crippen LogP contribution in [0.15, 0.2) is 29.5 Å². The number of allylic oxidation sites excluding steroid dienone is 1. The van der Waals surface area contributed by atoms with Crippen LogP contribution in [0, 0.1) is 10.8 Å². The molecule has 0 amide bonds. The lowest BCUT2D eigenvalue weighted by Crippen LogP contribution is -2.26. The second-order valence-electron chi connectivity index (χ2n) is 7.46. The van der Waals surface area contributed by atoms with E-state index in [2.05, 4.69) is 0 Å². The number of aryl methyl sites for hydroxylation is 1. The lowest BCUT2D eigenvalue weighted by atomic mass is 9.87. The minimum absolute atomic E-state index is 0. The van der Waals surface area contributed by atoms with Crippen molar-refractivity contribution >= 4 is 35.0 Å². The number of carbonyl (C=O) groups excluding carboxylic acids is 3. The highest BCUT2D eigenvalue weighted by Crippen LogP contribution is 2.22. The van der Waals surface area contributed by atoms with Gasteiger partial charge in [-0.05, 0) is 31.0 Å². The second kappa shape index (κ2) is 10.8. The third kappa shape index (κ3) is 7.69. The number of halogens is 1. The van der Waals surface area contributed by atoms with E-state index in [4.69, 9.17) is 33.2 Å². The average molecular weight is 424 g/mol. The number of benzene rings is 1. The Kier molecular flexibility index (Phi) is 9.77. The van der Waals surface area contributed by atoms with Crippen LogP contribution in [0.2, 0.25) is 5.02 Å². The van der Waals surface area contributed by atoms with Crippen LogP contribution >= 0.6 is 11.6 Å². The minimum atomic E-state index is -0.955. The van der Waals surface area contributed by atoms with Gasteiger partial charge < -0.3 is 16.2 Å². The van der Waals surface area contributed by atoms with Crippen LogP contribution < -0.4 is 11.5 Å². The summed E-state index contributed by atoms with van der Waals surface area (Å²) in [5.41, 5.74) is 11.1. The van der Waals surface area contributed by atoms with Crippen LogP contribution in [-0.4, -0.2) is 30.0 Å². The smallest absolute Gasteiger partial charge is 0.344 e. The Morgan fingerprint density at radius 1 is 1.17 bits per heavy atom. The van der Waals surface area contributed by atoms with E-state index in [9.17, 15) is 14.4 Å². The van der Waals surface area contributed by atoms with E-state index in [0.29, 0.717) is 12.8 Å². The number of carbonyl (C=O) groups is 3. The van der Waals surface area contributed by atoms with Crippen molar-refractivity contribution in [3.8, 4) is 0 Å². The van der Waals surface area contributed by atoms with Crippen LogP contribution in [-0.2, 0) is 20.7 Å². The van der Waals surface area contributed by atoms with E-state index in [1.807, 2.05) is 20.8 Å². The number of rotatable bonds is 8. The van der Waals surface area contributed by atoms with E-state index in [-0.39, 0.29) is 35.1 Å². The Morgan fingerprint density at radius 3 is 2.24 bits per heavy atom. The quantitative estimate of drug-likeness (QED) is 0.192. The van der Waals surface area contributed by atoms with Crippen molar-refractivity contribution in [3.63, 3.8) is 0 Å². The first-order chi connectivity index (χ1) is 12.8. The Morgan fingerprint density at radius 2 is 1.76 bits per heavy atom. The van der Waals surface area contributed by atoms with Gasteiger partial charge in [-0.3, -0.25) is 15.0 Å². The van der Waals surface area contributed by atoms with E-state index in [0.717, 1.165) is 5.56 Å². The fourth-order valence-corrected chi connectivity index (χ4v) is 2.56. The topological polar surface area (TPSA) is 136 Å². The summed E-state index contributed by atoms with van der Waals surface area (Å²) in [6, 6.07) is 4.90. The highest BCUT2D eigenvalue weighted by atomic mass is 35.5. The summed E-state index contributed by atoms with van der Waals surface area (Å²) in [4.78, 5) is 36.5. The molecule has 0 fully saturated rings. The molecular formula is C21H30ClN3O4. The molecule has 0 bridgehead atoms. The molecule has 0 radical (unpaired) electrons. The molecule has 5 N–H and O–H groups in total. The van der Waals surface area contributed by atoms with E-state index >= 15 is 0 Å². The molecule has 0 aliphatic carbocycles. The summed E-state index contributed by atoms with van der Waals surface area (Å²) in [5.74, 6) is -1.89. The first kappa shape index (κ1) is 26.3. The molecule has 1 aromatic rings. The van der Waals surface area contributed by atoms with Crippen molar-refractivity contribution < 1.29 is 19.1 Å². The summed E-state index contributed by atoms with van der Waals surface area (Å²) in [7, 11) is 0. The third-order valence-corrected chi connectivity index (χ3v) is 4.34. The number of ether oxygens (including phenoxy) is 1. The molecule has 0 atom stereocenters. The molecular weight excluding hydrogens is 394 g/mol. The van der Waals surface area contributed by atoms with E-state index in [1.54, 1.807) is 18.2 Å². The highest BCUT2D eigenvalue weighted by Gasteiger charge is 2.22. The Labute approximate surface area is 176 Å². The monoisotopic (exact) mass is 423 g/mol. The van der Waals surface area contributed by atoms with Gasteiger partial charge in [0.05, 0.1) is 5.02 Å². The van der Waals surface area contributed by atoms with Crippen LogP contribution in [0.25, 0.3) is 0 Å². The molecule has 0 unspecified atom stereocenters. The molecule has 0 aromatic heterocycles. The summed E-state index contributed by atoms with van der Waals surface area (Å²) in [6.45, 7) is 6.39. The van der Waals surface area contributed by atoms with Gasteiger partial charge in [0.25, 0.3) is 0 Å². The van der Waals surface area contributed by atoms with Gasteiger partial charge in [0.1, 0.15) is 17.2 Å². The lowest BCUT2D eigenvalue weighted by Gasteiger charge is -2.16. The van der Waals surface area contributed by atoms with Crippen molar-refractivity contribution in [2.45, 2.75) is 48.0 Å². The molecule has 1 aromatic carbocycles. The molecule has 0 spiro atoms. The average Bonchev–Trinajstić information content (AvgIpc) is 2.57. The number of esters is 1. The maximum absolute atomic E-state index is 12.4. The van der Waals surface area contributed by atoms with Gasteiger partial charge in [0.15, 0.2) is 6.61 Å². The first-order valence-corrected chi connectivity index (χ1v) is 9.05. The number of amidine groups is 1. The number of nitrogens with two attached hydrogens (primary N) is 2. The number of nitrogens with one attached hydrogen (secondary N) is 1.